The number of hydrogen-bond acceptors (Lipinski definition) is 3. The van der Waals surface area contributed by atoms with Crippen LogP contribution < -0.4 is 4.74 Å². The van der Waals surface area contributed by atoms with Crippen LogP contribution in [0.1, 0.15) is 37.7 Å². The molecule has 4 heteroatoms. The van der Waals surface area contributed by atoms with E-state index in [2.05, 4.69) is 4.98 Å². The van der Waals surface area contributed by atoms with Gasteiger partial charge in [-0.1, -0.05) is 6.92 Å². The lowest BCUT2D eigenvalue weighted by atomic mass is 10.1. The largest absolute Gasteiger partial charge is 0.485 e. The highest BCUT2D eigenvalue weighted by molar-refractivity contribution is 5.88. The molecule has 0 atom stereocenters. The zero-order chi connectivity index (χ0) is 11.5. The summed E-state index contributed by atoms with van der Waals surface area (Å²) in [6, 6.07) is 3.28. The van der Waals surface area contributed by atoms with Gasteiger partial charge in [-0.05, 0) is 32.4 Å². The minimum Gasteiger partial charge on any atom is -0.485 e. The summed E-state index contributed by atoms with van der Waals surface area (Å²) in [4.78, 5) is 14.6. The summed E-state index contributed by atoms with van der Waals surface area (Å²) in [6.45, 7) is 5.80. The number of ether oxygens (including phenoxy) is 1. The second-order valence-electron chi connectivity index (χ2n) is 3.87. The maximum Gasteiger partial charge on any atom is 0.358 e. The summed E-state index contributed by atoms with van der Waals surface area (Å²) in [5.41, 5.74) is -0.424. The number of hydrogen-bond donors (Lipinski definition) is 1. The number of rotatable bonds is 4. The molecule has 0 unspecified atom stereocenters. The quantitative estimate of drug-likeness (QED) is 0.826. The first-order valence-electron chi connectivity index (χ1n) is 4.83. The van der Waals surface area contributed by atoms with Gasteiger partial charge in [-0.15, -0.1) is 0 Å². The summed E-state index contributed by atoms with van der Waals surface area (Å²) in [5, 5.41) is 8.89. The second-order valence-corrected chi connectivity index (χ2v) is 3.87. The van der Waals surface area contributed by atoms with Crippen molar-refractivity contribution >= 4 is 5.97 Å². The van der Waals surface area contributed by atoms with Gasteiger partial charge in [0.25, 0.3) is 0 Å². The van der Waals surface area contributed by atoms with Crippen molar-refractivity contribution in [2.24, 2.45) is 0 Å². The Morgan fingerprint density at radius 3 is 2.80 bits per heavy atom. The fraction of sp³-hybridized carbons (Fsp3) is 0.455. The van der Waals surface area contributed by atoms with Crippen LogP contribution in [0.4, 0.5) is 0 Å². The van der Waals surface area contributed by atoms with Gasteiger partial charge in [-0.25, -0.2) is 9.78 Å². The van der Waals surface area contributed by atoms with E-state index in [0.29, 0.717) is 5.75 Å². The Balaban J connectivity index is 2.99. The fourth-order valence-electron chi connectivity index (χ4n) is 1.00. The number of carboxylic acid groups (broad SMARTS) is 1. The van der Waals surface area contributed by atoms with E-state index < -0.39 is 5.97 Å². The van der Waals surface area contributed by atoms with Crippen LogP contribution in [-0.4, -0.2) is 21.7 Å². The number of carboxylic acids is 1. The van der Waals surface area contributed by atoms with E-state index in [-0.39, 0.29) is 11.3 Å². The van der Waals surface area contributed by atoms with Crippen molar-refractivity contribution in [2.75, 3.05) is 0 Å². The van der Waals surface area contributed by atoms with Crippen LogP contribution >= 0.6 is 0 Å². The van der Waals surface area contributed by atoms with E-state index in [0.717, 1.165) is 6.42 Å². The summed E-state index contributed by atoms with van der Waals surface area (Å²) in [7, 11) is 0. The van der Waals surface area contributed by atoms with Crippen molar-refractivity contribution in [3.8, 4) is 5.75 Å². The molecule has 0 amide bonds. The first-order chi connectivity index (χ1) is 6.96. The average molecular weight is 209 g/mol. The van der Waals surface area contributed by atoms with Crippen LogP contribution in [0.5, 0.6) is 5.75 Å². The van der Waals surface area contributed by atoms with Crippen LogP contribution in [0.25, 0.3) is 0 Å². The number of carbonyl (C=O) groups is 1. The van der Waals surface area contributed by atoms with Gasteiger partial charge in [0.2, 0.25) is 0 Å². The Labute approximate surface area is 88.9 Å². The van der Waals surface area contributed by atoms with Crippen molar-refractivity contribution < 1.29 is 14.6 Å². The van der Waals surface area contributed by atoms with Gasteiger partial charge in [-0.3, -0.25) is 0 Å². The molecule has 0 bridgehead atoms. The van der Waals surface area contributed by atoms with Crippen LogP contribution in [0.2, 0.25) is 0 Å². The molecule has 1 aromatic heterocycles. The average Bonchev–Trinajstić information content (AvgIpc) is 2.18. The molecule has 1 heterocycles. The molecule has 0 saturated carbocycles. The molecule has 82 valence electrons. The molecule has 4 nitrogen and oxygen atoms in total. The second kappa shape index (κ2) is 4.29. The van der Waals surface area contributed by atoms with Gasteiger partial charge in [0.1, 0.15) is 5.60 Å². The highest BCUT2D eigenvalue weighted by atomic mass is 16.5. The van der Waals surface area contributed by atoms with Crippen LogP contribution in [-0.2, 0) is 0 Å². The van der Waals surface area contributed by atoms with E-state index in [1.165, 1.54) is 6.20 Å². The molecule has 0 spiro atoms. The smallest absolute Gasteiger partial charge is 0.358 e. The lowest BCUT2D eigenvalue weighted by Crippen LogP contribution is -2.27. The predicted molar refractivity (Wildman–Crippen MR) is 56.2 cm³/mol. The van der Waals surface area contributed by atoms with Crippen LogP contribution in [0, 0.1) is 0 Å². The van der Waals surface area contributed by atoms with Crippen molar-refractivity contribution in [1.29, 1.82) is 0 Å². The maximum absolute atomic E-state index is 10.9. The van der Waals surface area contributed by atoms with Gasteiger partial charge in [0, 0.05) is 6.20 Å². The minimum absolute atomic E-state index is 0.0426. The highest BCUT2D eigenvalue weighted by Crippen LogP contribution is 2.23. The van der Waals surface area contributed by atoms with Crippen molar-refractivity contribution in [2.45, 2.75) is 32.8 Å². The Hall–Kier alpha value is -1.58. The zero-order valence-electron chi connectivity index (χ0n) is 9.15. The van der Waals surface area contributed by atoms with Gasteiger partial charge in [0.05, 0.1) is 0 Å². The third-order valence-electron chi connectivity index (χ3n) is 2.21. The van der Waals surface area contributed by atoms with Crippen molar-refractivity contribution in [3.05, 3.63) is 24.0 Å². The van der Waals surface area contributed by atoms with Gasteiger partial charge in [0.15, 0.2) is 11.4 Å². The summed E-state index contributed by atoms with van der Waals surface area (Å²) < 4.78 is 5.60. The van der Waals surface area contributed by atoms with Gasteiger partial charge >= 0.3 is 5.97 Å². The topological polar surface area (TPSA) is 59.4 Å². The highest BCUT2D eigenvalue weighted by Gasteiger charge is 2.21. The SMILES string of the molecule is CCC(C)(C)Oc1cccnc1C(=O)O. The van der Waals surface area contributed by atoms with Crippen LogP contribution in [0.3, 0.4) is 0 Å². The molecule has 0 aliphatic heterocycles. The molecule has 0 fully saturated rings. The van der Waals surface area contributed by atoms with Crippen LogP contribution in [0.15, 0.2) is 18.3 Å². The molecular weight excluding hydrogens is 194 g/mol. The predicted octanol–water partition coefficient (Wildman–Crippen LogP) is 2.35. The van der Waals surface area contributed by atoms with E-state index in [1.807, 2.05) is 20.8 Å². The minimum atomic E-state index is -1.07. The van der Waals surface area contributed by atoms with Crippen molar-refractivity contribution in [3.63, 3.8) is 0 Å². The first kappa shape index (κ1) is 11.5. The normalized spacial score (nSPS) is 11.1. The number of aromatic nitrogens is 1. The molecule has 1 aromatic rings. The monoisotopic (exact) mass is 209 g/mol. The van der Waals surface area contributed by atoms with Gasteiger partial charge < -0.3 is 9.84 Å². The Kier molecular flexibility index (Phi) is 3.29. The lowest BCUT2D eigenvalue weighted by Gasteiger charge is -2.25. The Morgan fingerprint density at radius 1 is 1.60 bits per heavy atom. The molecule has 0 aliphatic rings. The van der Waals surface area contributed by atoms with Gasteiger partial charge in [-0.2, -0.15) is 0 Å². The zero-order valence-corrected chi connectivity index (χ0v) is 9.15. The Bertz CT molecular complexity index is 361. The molecule has 0 radical (unpaired) electrons. The molecule has 15 heavy (non-hydrogen) atoms. The lowest BCUT2D eigenvalue weighted by molar-refractivity contribution is 0.0663. The summed E-state index contributed by atoms with van der Waals surface area (Å²) in [5.74, 6) is -0.755. The van der Waals surface area contributed by atoms with E-state index in [1.54, 1.807) is 12.1 Å². The molecule has 1 rings (SSSR count). The Morgan fingerprint density at radius 2 is 2.27 bits per heavy atom. The molecule has 0 aromatic carbocycles. The number of aromatic carboxylic acids is 1. The van der Waals surface area contributed by atoms with E-state index in [9.17, 15) is 4.79 Å². The molecule has 1 N–H and O–H groups in total. The molecule has 0 saturated heterocycles. The first-order valence-corrected chi connectivity index (χ1v) is 4.83. The summed E-state index contributed by atoms with van der Waals surface area (Å²) >= 11 is 0. The standard InChI is InChI=1S/C11H15NO3/c1-4-11(2,3)15-8-6-5-7-12-9(8)10(13)14/h5-7H,4H2,1-3H3,(H,13,14). The number of nitrogens with zero attached hydrogens (tertiary/aromatic N) is 1. The van der Waals surface area contributed by atoms with Crippen molar-refractivity contribution in [1.82, 2.24) is 4.98 Å². The third-order valence-corrected chi connectivity index (χ3v) is 2.21. The number of pyridine rings is 1. The molecule has 0 aliphatic carbocycles. The third kappa shape index (κ3) is 2.94. The fourth-order valence-corrected chi connectivity index (χ4v) is 1.00. The van der Waals surface area contributed by atoms with E-state index in [4.69, 9.17) is 9.84 Å². The van der Waals surface area contributed by atoms with E-state index >= 15 is 0 Å². The molecular formula is C11H15NO3. The summed E-state index contributed by atoms with van der Waals surface area (Å²) in [6.07, 6.45) is 2.23. The maximum atomic E-state index is 10.9.